The number of likely N-dealkylation sites (tertiary alicyclic amines) is 1. The van der Waals surface area contributed by atoms with E-state index in [1.807, 2.05) is 0 Å². The van der Waals surface area contributed by atoms with E-state index in [2.05, 4.69) is 48.2 Å². The maximum atomic E-state index is 11.6. The summed E-state index contributed by atoms with van der Waals surface area (Å²) in [4.78, 5) is 14.1. The minimum absolute atomic E-state index is 0.00629. The van der Waals surface area contributed by atoms with Gasteiger partial charge >= 0.3 is 0 Å². The Labute approximate surface area is 108 Å². The molecule has 1 fully saturated rings. The lowest BCUT2D eigenvalue weighted by atomic mass is 9.93. The second kappa shape index (κ2) is 4.36. The van der Waals surface area contributed by atoms with E-state index in [0.717, 1.165) is 13.0 Å². The van der Waals surface area contributed by atoms with E-state index in [1.54, 1.807) is 6.08 Å². The highest BCUT2D eigenvalue weighted by molar-refractivity contribution is 5.94. The Kier molecular flexibility index (Phi) is 2.83. The zero-order valence-corrected chi connectivity index (χ0v) is 10.8. The maximum Gasteiger partial charge on any atom is 0.157 e. The van der Waals surface area contributed by atoms with Crippen molar-refractivity contribution in [2.75, 3.05) is 6.54 Å². The summed E-state index contributed by atoms with van der Waals surface area (Å²) >= 11 is 0. The Morgan fingerprint density at radius 3 is 2.72 bits per heavy atom. The smallest absolute Gasteiger partial charge is 0.157 e. The van der Waals surface area contributed by atoms with Crippen LogP contribution in [-0.2, 0) is 4.79 Å². The van der Waals surface area contributed by atoms with Crippen molar-refractivity contribution in [3.8, 4) is 0 Å². The highest BCUT2D eigenvalue weighted by Gasteiger charge is 2.44. The van der Waals surface area contributed by atoms with Crippen LogP contribution in [0, 0.1) is 0 Å². The molecule has 1 aromatic rings. The first-order valence-corrected chi connectivity index (χ1v) is 6.75. The van der Waals surface area contributed by atoms with Gasteiger partial charge in [-0.2, -0.15) is 0 Å². The quantitative estimate of drug-likeness (QED) is 0.793. The Morgan fingerprint density at radius 2 is 2.06 bits per heavy atom. The molecule has 0 N–H and O–H groups in total. The lowest BCUT2D eigenvalue weighted by molar-refractivity contribution is -0.115. The number of benzene rings is 1. The average molecular weight is 241 g/mol. The molecule has 1 spiro atoms. The monoisotopic (exact) mass is 241 g/mol. The van der Waals surface area contributed by atoms with E-state index in [1.165, 1.54) is 12.0 Å². The van der Waals surface area contributed by atoms with Gasteiger partial charge in [0.2, 0.25) is 0 Å². The van der Waals surface area contributed by atoms with E-state index in [9.17, 15) is 4.79 Å². The van der Waals surface area contributed by atoms with E-state index in [0.29, 0.717) is 12.5 Å². The van der Waals surface area contributed by atoms with Crippen LogP contribution >= 0.6 is 0 Å². The van der Waals surface area contributed by atoms with Gasteiger partial charge in [0.1, 0.15) is 0 Å². The number of hydrogen-bond donors (Lipinski definition) is 0. The van der Waals surface area contributed by atoms with E-state index >= 15 is 0 Å². The lowest BCUT2D eigenvalue weighted by Gasteiger charge is -2.38. The minimum Gasteiger partial charge on any atom is -0.295 e. The van der Waals surface area contributed by atoms with Gasteiger partial charge < -0.3 is 0 Å². The molecule has 1 aliphatic carbocycles. The van der Waals surface area contributed by atoms with Crippen molar-refractivity contribution in [2.24, 2.45) is 0 Å². The molecule has 1 aliphatic heterocycles. The van der Waals surface area contributed by atoms with Gasteiger partial charge in [-0.15, -0.1) is 0 Å². The Balaban J connectivity index is 1.88. The third kappa shape index (κ3) is 1.81. The molecule has 0 bridgehead atoms. The molecule has 2 nitrogen and oxygen atoms in total. The number of allylic oxidation sites excluding steroid dienone is 1. The number of hydrogen-bond acceptors (Lipinski definition) is 2. The molecule has 0 saturated carbocycles. The van der Waals surface area contributed by atoms with Crippen LogP contribution in [-0.4, -0.2) is 22.8 Å². The van der Waals surface area contributed by atoms with Crippen LogP contribution in [0.5, 0.6) is 0 Å². The van der Waals surface area contributed by atoms with Crippen molar-refractivity contribution in [3.63, 3.8) is 0 Å². The Hall–Kier alpha value is -1.41. The standard InChI is InChI=1S/C16H19NO/c1-13(14-6-3-2-4-7-14)17-11-5-9-16(17)10-8-15(18)12-16/h2-4,6-8,10,13H,5,9,11-12H2,1H3/t13-,16?/m1/s1. The van der Waals surface area contributed by atoms with E-state index in [4.69, 9.17) is 0 Å². The molecular formula is C16H19NO. The first kappa shape index (κ1) is 11.7. The van der Waals surface area contributed by atoms with Crippen molar-refractivity contribution in [3.05, 3.63) is 48.0 Å². The topological polar surface area (TPSA) is 20.3 Å². The zero-order valence-electron chi connectivity index (χ0n) is 10.8. The second-order valence-corrected chi connectivity index (χ2v) is 5.46. The number of carbonyl (C=O) groups excluding carboxylic acids is 1. The molecule has 1 heterocycles. The minimum atomic E-state index is 0.00629. The predicted octanol–water partition coefficient (Wildman–Crippen LogP) is 3.11. The fourth-order valence-electron chi connectivity index (χ4n) is 3.45. The van der Waals surface area contributed by atoms with Gasteiger partial charge in [-0.3, -0.25) is 9.69 Å². The molecular weight excluding hydrogens is 222 g/mol. The van der Waals surface area contributed by atoms with Crippen molar-refractivity contribution in [2.45, 2.75) is 37.8 Å². The van der Waals surface area contributed by atoms with E-state index in [-0.39, 0.29) is 11.3 Å². The number of rotatable bonds is 2. The zero-order chi connectivity index (χ0) is 12.6. The molecule has 18 heavy (non-hydrogen) atoms. The summed E-state index contributed by atoms with van der Waals surface area (Å²) in [6, 6.07) is 11.0. The van der Waals surface area contributed by atoms with Crippen molar-refractivity contribution in [1.29, 1.82) is 0 Å². The summed E-state index contributed by atoms with van der Waals surface area (Å²) in [5, 5.41) is 0. The SMILES string of the molecule is C[C@H](c1ccccc1)N1CCCC12C=CC(=O)C2. The second-order valence-electron chi connectivity index (χ2n) is 5.46. The molecule has 0 aromatic heterocycles. The molecule has 2 heteroatoms. The summed E-state index contributed by atoms with van der Waals surface area (Å²) in [7, 11) is 0. The molecule has 1 unspecified atom stereocenters. The third-order valence-electron chi connectivity index (χ3n) is 4.39. The van der Waals surface area contributed by atoms with Gasteiger partial charge in [-0.25, -0.2) is 0 Å². The Bertz CT molecular complexity index is 479. The van der Waals surface area contributed by atoms with Gasteiger partial charge in [0.25, 0.3) is 0 Å². The molecule has 2 atom stereocenters. The summed E-state index contributed by atoms with van der Waals surface area (Å²) in [5.74, 6) is 0.280. The van der Waals surface area contributed by atoms with Crippen LogP contribution in [0.1, 0.15) is 37.8 Å². The highest BCUT2D eigenvalue weighted by atomic mass is 16.1. The summed E-state index contributed by atoms with van der Waals surface area (Å²) in [6.45, 7) is 3.34. The van der Waals surface area contributed by atoms with Gasteiger partial charge in [-0.05, 0) is 37.9 Å². The largest absolute Gasteiger partial charge is 0.295 e. The fraction of sp³-hybridized carbons (Fsp3) is 0.438. The summed E-state index contributed by atoms with van der Waals surface area (Å²) in [6.07, 6.45) is 6.89. The molecule has 1 aromatic carbocycles. The highest BCUT2D eigenvalue weighted by Crippen LogP contribution is 2.42. The molecule has 1 saturated heterocycles. The van der Waals surface area contributed by atoms with Crippen LogP contribution in [0.25, 0.3) is 0 Å². The van der Waals surface area contributed by atoms with Gasteiger partial charge in [0, 0.05) is 18.0 Å². The van der Waals surface area contributed by atoms with Crippen molar-refractivity contribution in [1.82, 2.24) is 4.90 Å². The summed E-state index contributed by atoms with van der Waals surface area (Å²) in [5.41, 5.74) is 1.35. The van der Waals surface area contributed by atoms with Crippen molar-refractivity contribution < 1.29 is 4.79 Å². The van der Waals surface area contributed by atoms with Crippen LogP contribution in [0.3, 0.4) is 0 Å². The molecule has 3 rings (SSSR count). The molecule has 0 radical (unpaired) electrons. The van der Waals surface area contributed by atoms with Crippen LogP contribution in [0.4, 0.5) is 0 Å². The van der Waals surface area contributed by atoms with Crippen LogP contribution in [0.2, 0.25) is 0 Å². The molecule has 2 aliphatic rings. The number of ketones is 1. The van der Waals surface area contributed by atoms with Gasteiger partial charge in [0.15, 0.2) is 5.78 Å². The number of nitrogens with zero attached hydrogens (tertiary/aromatic N) is 1. The maximum absolute atomic E-state index is 11.6. The first-order valence-electron chi connectivity index (χ1n) is 6.75. The third-order valence-corrected chi connectivity index (χ3v) is 4.39. The predicted molar refractivity (Wildman–Crippen MR) is 72.3 cm³/mol. The summed E-state index contributed by atoms with van der Waals surface area (Å²) < 4.78 is 0. The first-order chi connectivity index (χ1) is 8.71. The van der Waals surface area contributed by atoms with Crippen molar-refractivity contribution >= 4 is 5.78 Å². The number of carbonyl (C=O) groups is 1. The van der Waals surface area contributed by atoms with Crippen LogP contribution < -0.4 is 0 Å². The average Bonchev–Trinajstić information content (AvgIpc) is 2.97. The van der Waals surface area contributed by atoms with Crippen LogP contribution in [0.15, 0.2) is 42.5 Å². The normalized spacial score (nSPS) is 29.3. The van der Waals surface area contributed by atoms with Gasteiger partial charge in [-0.1, -0.05) is 36.4 Å². The van der Waals surface area contributed by atoms with Gasteiger partial charge in [0.05, 0.1) is 0 Å². The Morgan fingerprint density at radius 1 is 1.28 bits per heavy atom. The lowest BCUT2D eigenvalue weighted by Crippen LogP contribution is -2.42. The van der Waals surface area contributed by atoms with E-state index < -0.39 is 0 Å². The molecule has 94 valence electrons. The molecule has 0 amide bonds. The fourth-order valence-corrected chi connectivity index (χ4v) is 3.45.